The Balaban J connectivity index is 1.88. The fraction of sp³-hybridized carbons (Fsp3) is 0.294. The molecular formula is C17H19N3O2S. The zero-order chi connectivity index (χ0) is 16.1. The van der Waals surface area contributed by atoms with Crippen molar-refractivity contribution in [1.29, 1.82) is 0 Å². The summed E-state index contributed by atoms with van der Waals surface area (Å²) in [6.45, 7) is 1.22. The second-order valence-electron chi connectivity index (χ2n) is 5.24. The van der Waals surface area contributed by atoms with Crippen LogP contribution in [0.1, 0.15) is 11.3 Å². The molecule has 0 aliphatic heterocycles. The Hall–Kier alpha value is -2.18. The first-order chi connectivity index (χ1) is 11.3. The number of aliphatic hydroxyl groups excluding tert-OH is 1. The summed E-state index contributed by atoms with van der Waals surface area (Å²) < 4.78 is 1.62. The number of aromatic nitrogens is 2. The monoisotopic (exact) mass is 329 g/mol. The zero-order valence-corrected chi connectivity index (χ0v) is 13.6. The molecule has 2 aromatic heterocycles. The minimum Gasteiger partial charge on any atom is -0.396 e. The van der Waals surface area contributed by atoms with E-state index in [0.717, 1.165) is 6.42 Å². The van der Waals surface area contributed by atoms with Gasteiger partial charge in [0.2, 0.25) is 5.95 Å². The van der Waals surface area contributed by atoms with Crippen molar-refractivity contribution in [3.05, 3.63) is 57.0 Å². The number of anilines is 1. The van der Waals surface area contributed by atoms with E-state index < -0.39 is 0 Å². The van der Waals surface area contributed by atoms with Gasteiger partial charge in [-0.1, -0.05) is 18.2 Å². The molecule has 0 spiro atoms. The molecule has 1 aromatic carbocycles. The van der Waals surface area contributed by atoms with Crippen molar-refractivity contribution in [3.63, 3.8) is 0 Å². The zero-order valence-electron chi connectivity index (χ0n) is 12.7. The van der Waals surface area contributed by atoms with Gasteiger partial charge in [0.25, 0.3) is 5.56 Å². The number of para-hydroxylation sites is 1. The molecule has 0 aliphatic rings. The lowest BCUT2D eigenvalue weighted by molar-refractivity contribution is 0.279. The number of fused-ring (bicyclic) bond motifs is 1. The van der Waals surface area contributed by atoms with E-state index in [-0.39, 0.29) is 12.2 Å². The van der Waals surface area contributed by atoms with Gasteiger partial charge < -0.3 is 10.4 Å². The highest BCUT2D eigenvalue weighted by Gasteiger charge is 2.10. The molecular weight excluding hydrogens is 310 g/mol. The van der Waals surface area contributed by atoms with Gasteiger partial charge in [0, 0.05) is 24.6 Å². The van der Waals surface area contributed by atoms with Crippen LogP contribution in [0.25, 0.3) is 10.9 Å². The first-order valence-corrected chi connectivity index (χ1v) is 8.54. The lowest BCUT2D eigenvalue weighted by atomic mass is 10.2. The second-order valence-corrected chi connectivity index (χ2v) is 6.27. The number of nitrogens with zero attached hydrogens (tertiary/aromatic N) is 2. The fourth-order valence-electron chi connectivity index (χ4n) is 2.49. The molecule has 2 N–H and O–H groups in total. The van der Waals surface area contributed by atoms with Crippen LogP contribution in [-0.2, 0) is 13.0 Å². The lowest BCUT2D eigenvalue weighted by Gasteiger charge is -2.14. The van der Waals surface area contributed by atoms with Crippen LogP contribution in [0.4, 0.5) is 5.95 Å². The van der Waals surface area contributed by atoms with Crippen molar-refractivity contribution in [3.8, 4) is 0 Å². The van der Waals surface area contributed by atoms with E-state index in [9.17, 15) is 4.79 Å². The number of hydrogen-bond donors (Lipinski definition) is 2. The summed E-state index contributed by atoms with van der Waals surface area (Å²) in [7, 11) is 0. The Bertz CT molecular complexity index is 827. The summed E-state index contributed by atoms with van der Waals surface area (Å²) in [5, 5.41) is 15.0. The standard InChI is InChI=1S/C17H19N3O2S/c21-11-4-10-20-16(22)14-6-1-2-7-15(14)19-17(20)18-9-8-13-5-3-12-23-13/h1-3,5-7,12,21H,4,8-11H2,(H,18,19). The van der Waals surface area contributed by atoms with Crippen molar-refractivity contribution in [2.75, 3.05) is 18.5 Å². The quantitative estimate of drug-likeness (QED) is 0.699. The van der Waals surface area contributed by atoms with Gasteiger partial charge in [0.15, 0.2) is 0 Å². The first kappa shape index (κ1) is 15.7. The SMILES string of the molecule is O=c1c2ccccc2nc(NCCc2cccs2)n1CCCO. The molecule has 0 fully saturated rings. The van der Waals surface area contributed by atoms with E-state index >= 15 is 0 Å². The molecule has 2 heterocycles. The van der Waals surface area contributed by atoms with Gasteiger partial charge >= 0.3 is 0 Å². The highest BCUT2D eigenvalue weighted by Crippen LogP contribution is 2.13. The summed E-state index contributed by atoms with van der Waals surface area (Å²) >= 11 is 1.72. The van der Waals surface area contributed by atoms with E-state index in [1.54, 1.807) is 22.0 Å². The van der Waals surface area contributed by atoms with Crippen molar-refractivity contribution in [2.45, 2.75) is 19.4 Å². The third-order valence-electron chi connectivity index (χ3n) is 3.64. The summed E-state index contributed by atoms with van der Waals surface area (Å²) in [5.41, 5.74) is 0.624. The number of rotatable bonds is 7. The molecule has 0 atom stereocenters. The normalized spacial score (nSPS) is 11.0. The number of benzene rings is 1. The van der Waals surface area contributed by atoms with Gasteiger partial charge in [-0.3, -0.25) is 9.36 Å². The van der Waals surface area contributed by atoms with Crippen LogP contribution in [0.2, 0.25) is 0 Å². The average Bonchev–Trinajstić information content (AvgIpc) is 3.08. The van der Waals surface area contributed by atoms with Crippen molar-refractivity contribution >= 4 is 28.2 Å². The lowest BCUT2D eigenvalue weighted by Crippen LogP contribution is -2.26. The predicted molar refractivity (Wildman–Crippen MR) is 94.2 cm³/mol. The fourth-order valence-corrected chi connectivity index (χ4v) is 3.20. The van der Waals surface area contributed by atoms with Crippen LogP contribution >= 0.6 is 11.3 Å². The molecule has 0 saturated heterocycles. The molecule has 120 valence electrons. The topological polar surface area (TPSA) is 67.2 Å². The van der Waals surface area contributed by atoms with E-state index in [1.807, 2.05) is 24.3 Å². The molecule has 3 aromatic rings. The Morgan fingerprint density at radius 3 is 2.87 bits per heavy atom. The molecule has 0 radical (unpaired) electrons. The maximum Gasteiger partial charge on any atom is 0.262 e. The van der Waals surface area contributed by atoms with Gasteiger partial charge in [0.05, 0.1) is 10.9 Å². The smallest absolute Gasteiger partial charge is 0.262 e. The van der Waals surface area contributed by atoms with Gasteiger partial charge in [-0.2, -0.15) is 0 Å². The Labute approximate surface area is 138 Å². The summed E-state index contributed by atoms with van der Waals surface area (Å²) in [6, 6.07) is 11.5. The number of thiophene rings is 1. The Morgan fingerprint density at radius 1 is 1.22 bits per heavy atom. The van der Waals surface area contributed by atoms with Crippen LogP contribution in [0.15, 0.2) is 46.6 Å². The minimum absolute atomic E-state index is 0.0495. The summed E-state index contributed by atoms with van der Waals surface area (Å²) in [5.74, 6) is 0.568. The minimum atomic E-state index is -0.0670. The van der Waals surface area contributed by atoms with Crippen molar-refractivity contribution in [1.82, 2.24) is 9.55 Å². The molecule has 23 heavy (non-hydrogen) atoms. The molecule has 5 nitrogen and oxygen atoms in total. The molecule has 0 amide bonds. The molecule has 6 heteroatoms. The van der Waals surface area contributed by atoms with Gasteiger partial charge in [-0.25, -0.2) is 4.98 Å². The second kappa shape index (κ2) is 7.39. The third-order valence-corrected chi connectivity index (χ3v) is 4.57. The summed E-state index contributed by atoms with van der Waals surface area (Å²) in [6.07, 6.45) is 1.42. The van der Waals surface area contributed by atoms with E-state index in [0.29, 0.717) is 36.4 Å². The van der Waals surface area contributed by atoms with Crippen LogP contribution < -0.4 is 10.9 Å². The molecule has 0 unspecified atom stereocenters. The maximum atomic E-state index is 12.7. The number of nitrogens with one attached hydrogen (secondary N) is 1. The molecule has 0 aliphatic carbocycles. The Kier molecular flexibility index (Phi) is 5.05. The van der Waals surface area contributed by atoms with E-state index in [2.05, 4.69) is 21.7 Å². The van der Waals surface area contributed by atoms with Gasteiger partial charge in [-0.15, -0.1) is 11.3 Å². The third kappa shape index (κ3) is 3.60. The molecule has 0 bridgehead atoms. The van der Waals surface area contributed by atoms with Gasteiger partial charge in [-0.05, 0) is 36.4 Å². The van der Waals surface area contributed by atoms with Crippen LogP contribution in [0.3, 0.4) is 0 Å². The molecule has 0 saturated carbocycles. The summed E-state index contributed by atoms with van der Waals surface area (Å²) in [4.78, 5) is 18.5. The molecule has 3 rings (SSSR count). The largest absolute Gasteiger partial charge is 0.396 e. The average molecular weight is 329 g/mol. The van der Waals surface area contributed by atoms with E-state index in [1.165, 1.54) is 4.88 Å². The van der Waals surface area contributed by atoms with Gasteiger partial charge in [0.1, 0.15) is 0 Å². The number of hydrogen-bond acceptors (Lipinski definition) is 5. The van der Waals surface area contributed by atoms with Crippen LogP contribution in [-0.4, -0.2) is 27.8 Å². The van der Waals surface area contributed by atoms with Crippen molar-refractivity contribution < 1.29 is 5.11 Å². The number of aliphatic hydroxyl groups is 1. The predicted octanol–water partition coefficient (Wildman–Crippen LogP) is 2.50. The highest BCUT2D eigenvalue weighted by molar-refractivity contribution is 7.09. The first-order valence-electron chi connectivity index (χ1n) is 7.66. The van der Waals surface area contributed by atoms with E-state index in [4.69, 9.17) is 5.11 Å². The van der Waals surface area contributed by atoms with Crippen LogP contribution in [0.5, 0.6) is 0 Å². The highest BCUT2D eigenvalue weighted by atomic mass is 32.1. The Morgan fingerprint density at radius 2 is 2.09 bits per heavy atom. The maximum absolute atomic E-state index is 12.7. The van der Waals surface area contributed by atoms with Crippen molar-refractivity contribution in [2.24, 2.45) is 0 Å². The van der Waals surface area contributed by atoms with Crippen LogP contribution in [0, 0.1) is 0 Å².